The Balaban J connectivity index is 2.18. The molecular weight excluding hydrogens is 216 g/mol. The van der Waals surface area contributed by atoms with Crippen LogP contribution in [0.4, 0.5) is 0 Å². The lowest BCUT2D eigenvalue weighted by Crippen LogP contribution is -2.15. The van der Waals surface area contributed by atoms with E-state index in [2.05, 4.69) is 0 Å². The van der Waals surface area contributed by atoms with Crippen molar-refractivity contribution < 1.29 is 14.7 Å². The van der Waals surface area contributed by atoms with Gasteiger partial charge in [0, 0.05) is 5.56 Å². The van der Waals surface area contributed by atoms with Crippen LogP contribution in [-0.2, 0) is 4.79 Å². The van der Waals surface area contributed by atoms with Crippen LogP contribution in [0.25, 0.3) is 5.57 Å². The normalized spacial score (nSPS) is 19.5. The van der Waals surface area contributed by atoms with Crippen LogP contribution in [0.15, 0.2) is 30.3 Å². The maximum absolute atomic E-state index is 10.8. The average Bonchev–Trinajstić information content (AvgIpc) is 2.39. The Bertz CT molecular complexity index is 474. The number of aliphatic carboxylic acids is 1. The van der Waals surface area contributed by atoms with Crippen LogP contribution in [0.2, 0.25) is 0 Å². The van der Waals surface area contributed by atoms with Crippen LogP contribution >= 0.6 is 0 Å². The first-order valence-electron chi connectivity index (χ1n) is 5.68. The first kappa shape index (κ1) is 11.6. The van der Waals surface area contributed by atoms with Crippen molar-refractivity contribution in [2.45, 2.75) is 19.3 Å². The predicted molar refractivity (Wildman–Crippen MR) is 64.8 cm³/mol. The molecule has 0 saturated heterocycles. The summed E-state index contributed by atoms with van der Waals surface area (Å²) in [5.41, 5.74) is 2.83. The lowest BCUT2D eigenvalue weighted by molar-refractivity contribution is -0.141. The fourth-order valence-corrected chi connectivity index (χ4v) is 2.13. The van der Waals surface area contributed by atoms with Gasteiger partial charge < -0.3 is 5.11 Å². The third-order valence-corrected chi connectivity index (χ3v) is 3.15. The summed E-state index contributed by atoms with van der Waals surface area (Å²) >= 11 is 0. The van der Waals surface area contributed by atoms with Crippen molar-refractivity contribution in [2.75, 3.05) is 0 Å². The van der Waals surface area contributed by atoms with Gasteiger partial charge in [-0.15, -0.1) is 0 Å². The zero-order chi connectivity index (χ0) is 12.3. The van der Waals surface area contributed by atoms with Crippen molar-refractivity contribution in [3.8, 4) is 0 Å². The van der Waals surface area contributed by atoms with Crippen molar-refractivity contribution in [3.05, 3.63) is 41.5 Å². The van der Waals surface area contributed by atoms with E-state index in [0.717, 1.165) is 23.8 Å². The van der Waals surface area contributed by atoms with E-state index in [-0.39, 0.29) is 5.92 Å². The number of aldehydes is 1. The van der Waals surface area contributed by atoms with Crippen LogP contribution in [0, 0.1) is 5.92 Å². The summed E-state index contributed by atoms with van der Waals surface area (Å²) in [5, 5.41) is 8.90. The number of carboxylic acid groups (broad SMARTS) is 1. The molecule has 0 aliphatic heterocycles. The molecule has 2 rings (SSSR count). The smallest absolute Gasteiger partial charge is 0.306 e. The van der Waals surface area contributed by atoms with E-state index in [1.165, 1.54) is 0 Å². The van der Waals surface area contributed by atoms with Gasteiger partial charge in [-0.1, -0.05) is 24.3 Å². The van der Waals surface area contributed by atoms with E-state index in [1.807, 2.05) is 24.3 Å². The molecule has 1 aromatic carbocycles. The van der Waals surface area contributed by atoms with Crippen LogP contribution in [0.1, 0.15) is 35.2 Å². The van der Waals surface area contributed by atoms with Gasteiger partial charge in [-0.05, 0) is 36.5 Å². The Hall–Kier alpha value is -1.90. The fourth-order valence-electron chi connectivity index (χ4n) is 2.13. The monoisotopic (exact) mass is 230 g/mol. The van der Waals surface area contributed by atoms with Gasteiger partial charge in [0.1, 0.15) is 6.29 Å². The van der Waals surface area contributed by atoms with Gasteiger partial charge in [0.2, 0.25) is 0 Å². The number of carbonyl (C=O) groups excluding carboxylic acids is 1. The van der Waals surface area contributed by atoms with Crippen molar-refractivity contribution in [2.24, 2.45) is 5.92 Å². The zero-order valence-electron chi connectivity index (χ0n) is 9.43. The number of benzene rings is 1. The first-order chi connectivity index (χ1) is 8.20. The number of hydrogen-bond acceptors (Lipinski definition) is 2. The Morgan fingerprint density at radius 1 is 1.41 bits per heavy atom. The topological polar surface area (TPSA) is 54.4 Å². The minimum absolute atomic E-state index is 0.256. The molecule has 88 valence electrons. The Morgan fingerprint density at radius 2 is 2.24 bits per heavy atom. The maximum atomic E-state index is 10.8. The van der Waals surface area contributed by atoms with E-state index in [4.69, 9.17) is 5.11 Å². The summed E-state index contributed by atoms with van der Waals surface area (Å²) in [7, 11) is 0. The minimum Gasteiger partial charge on any atom is -0.481 e. The Labute approximate surface area is 99.8 Å². The van der Waals surface area contributed by atoms with Crippen molar-refractivity contribution in [3.63, 3.8) is 0 Å². The molecule has 1 atom stereocenters. The molecule has 0 amide bonds. The van der Waals surface area contributed by atoms with Crippen molar-refractivity contribution >= 4 is 17.8 Å². The molecular formula is C14H14O3. The Morgan fingerprint density at radius 3 is 2.82 bits per heavy atom. The molecule has 1 N–H and O–H groups in total. The molecule has 0 radical (unpaired) electrons. The van der Waals surface area contributed by atoms with Crippen molar-refractivity contribution in [1.82, 2.24) is 0 Å². The molecule has 0 saturated carbocycles. The van der Waals surface area contributed by atoms with Crippen LogP contribution in [0.3, 0.4) is 0 Å². The summed E-state index contributed by atoms with van der Waals surface area (Å²) < 4.78 is 0. The Kier molecular flexibility index (Phi) is 3.38. The van der Waals surface area contributed by atoms with Gasteiger partial charge in [-0.3, -0.25) is 9.59 Å². The summed E-state index contributed by atoms with van der Waals surface area (Å²) in [6.07, 6.45) is 4.82. The van der Waals surface area contributed by atoms with Gasteiger partial charge in [-0.25, -0.2) is 0 Å². The number of rotatable bonds is 3. The summed E-state index contributed by atoms with van der Waals surface area (Å²) in [5.74, 6) is -0.977. The van der Waals surface area contributed by atoms with Crippen LogP contribution in [-0.4, -0.2) is 17.4 Å². The molecule has 0 bridgehead atoms. The summed E-state index contributed by atoms with van der Waals surface area (Å²) in [6, 6.07) is 7.42. The highest BCUT2D eigenvalue weighted by molar-refractivity contribution is 5.79. The highest BCUT2D eigenvalue weighted by atomic mass is 16.4. The number of allylic oxidation sites excluding steroid dienone is 2. The van der Waals surface area contributed by atoms with Crippen LogP contribution < -0.4 is 0 Å². The molecule has 0 heterocycles. The second-order valence-electron chi connectivity index (χ2n) is 4.28. The molecule has 1 unspecified atom stereocenters. The second kappa shape index (κ2) is 4.95. The van der Waals surface area contributed by atoms with E-state index in [0.29, 0.717) is 18.4 Å². The molecule has 1 aromatic rings. The molecule has 0 spiro atoms. The summed E-state index contributed by atoms with van der Waals surface area (Å²) in [6.45, 7) is 0. The van der Waals surface area contributed by atoms with Crippen LogP contribution in [0.5, 0.6) is 0 Å². The molecule has 3 nitrogen and oxygen atoms in total. The first-order valence-corrected chi connectivity index (χ1v) is 5.68. The average molecular weight is 230 g/mol. The van der Waals surface area contributed by atoms with Gasteiger partial charge in [0.05, 0.1) is 5.92 Å². The third-order valence-electron chi connectivity index (χ3n) is 3.15. The lowest BCUT2D eigenvalue weighted by Gasteiger charge is -2.18. The number of hydrogen-bond donors (Lipinski definition) is 1. The maximum Gasteiger partial charge on any atom is 0.306 e. The molecule has 3 heteroatoms. The SMILES string of the molecule is O=Cc1cccc(C2=CCC(C(=O)O)CC2)c1. The summed E-state index contributed by atoms with van der Waals surface area (Å²) in [4.78, 5) is 21.5. The molecule has 1 aliphatic carbocycles. The molecule has 0 fully saturated rings. The van der Waals surface area contributed by atoms with Gasteiger partial charge >= 0.3 is 5.97 Å². The zero-order valence-corrected chi connectivity index (χ0v) is 9.43. The van der Waals surface area contributed by atoms with Gasteiger partial charge in [0.25, 0.3) is 0 Å². The van der Waals surface area contributed by atoms with E-state index in [9.17, 15) is 9.59 Å². The lowest BCUT2D eigenvalue weighted by atomic mass is 9.86. The number of carbonyl (C=O) groups is 2. The van der Waals surface area contributed by atoms with E-state index >= 15 is 0 Å². The molecule has 0 aromatic heterocycles. The van der Waals surface area contributed by atoms with E-state index < -0.39 is 5.97 Å². The fraction of sp³-hybridized carbons (Fsp3) is 0.286. The van der Waals surface area contributed by atoms with Gasteiger partial charge in [0.15, 0.2) is 0 Å². The predicted octanol–water partition coefficient (Wildman–Crippen LogP) is 2.77. The van der Waals surface area contributed by atoms with E-state index in [1.54, 1.807) is 6.07 Å². The highest BCUT2D eigenvalue weighted by Gasteiger charge is 2.21. The standard InChI is InChI=1S/C14H14O3/c15-9-10-2-1-3-13(8-10)11-4-6-12(7-5-11)14(16)17/h1-4,8-9,12H,5-7H2,(H,16,17). The van der Waals surface area contributed by atoms with Gasteiger partial charge in [-0.2, -0.15) is 0 Å². The molecule has 1 aliphatic rings. The minimum atomic E-state index is -0.720. The highest BCUT2D eigenvalue weighted by Crippen LogP contribution is 2.30. The largest absolute Gasteiger partial charge is 0.481 e. The van der Waals surface area contributed by atoms with Crippen molar-refractivity contribution in [1.29, 1.82) is 0 Å². The number of carboxylic acids is 1. The molecule has 17 heavy (non-hydrogen) atoms. The second-order valence-corrected chi connectivity index (χ2v) is 4.28. The third kappa shape index (κ3) is 2.61. The quantitative estimate of drug-likeness (QED) is 0.812.